The highest BCUT2D eigenvalue weighted by molar-refractivity contribution is 5.87. The summed E-state index contributed by atoms with van der Waals surface area (Å²) in [6.07, 6.45) is 3.30. The number of hydrogen-bond donors (Lipinski definition) is 6. The molecule has 0 saturated carbocycles. The van der Waals surface area contributed by atoms with Gasteiger partial charge in [-0.25, -0.2) is 9.59 Å². The zero-order valence-electron chi connectivity index (χ0n) is 22.0. The molecule has 7 atom stereocenters. The molecule has 1 saturated heterocycles. The van der Waals surface area contributed by atoms with Gasteiger partial charge < -0.3 is 40.3 Å². The summed E-state index contributed by atoms with van der Waals surface area (Å²) in [5, 5.41) is 52.6. The number of carboxylic acid groups (broad SMARTS) is 1. The Balaban J connectivity index is 2.96. The Morgan fingerprint density at radius 3 is 2.16 bits per heavy atom. The second kappa shape index (κ2) is 13.6. The van der Waals surface area contributed by atoms with E-state index in [0.29, 0.717) is 12.2 Å². The van der Waals surface area contributed by atoms with Crippen molar-refractivity contribution in [3.8, 4) is 0 Å². The lowest BCUT2D eigenvalue weighted by atomic mass is 9.85. The molecule has 1 aliphatic heterocycles. The molecule has 0 bridgehead atoms. The standard InChI is InChI=1S/C26H39NO10/c1-7-16(4)21(31)26(6,35)22(32)20(30)23(33)27-19(15(2)3)24(34)37-17(25(5)14-36-25)12-10-8-9-11-13-18(28)29/h7-13,15,17,19-22,30-32,35H,14H2,1-6H3,(H,27,33)(H,28,29)/b9-8-,12-10+,13-11+,16-7+/t17-,19?,20?,21?,22?,25+,26?/m1/s1. The number of allylic oxidation sites excluding steroid dienone is 5. The van der Waals surface area contributed by atoms with Gasteiger partial charge >= 0.3 is 11.9 Å². The average Bonchev–Trinajstić information content (AvgIpc) is 3.59. The van der Waals surface area contributed by atoms with Gasteiger partial charge in [0.25, 0.3) is 5.91 Å². The topological polar surface area (TPSA) is 186 Å². The maximum absolute atomic E-state index is 13.0. The first-order valence-electron chi connectivity index (χ1n) is 11.9. The SMILES string of the molecule is C/C=C(\C)C(O)C(C)(O)C(O)C(O)C(=O)NC(C(=O)O[C@H](/C=C/C=C\C=C\C(=O)O)[C@]1(C)CO1)C(C)C. The van der Waals surface area contributed by atoms with Crippen LogP contribution in [-0.2, 0) is 23.9 Å². The zero-order chi connectivity index (χ0) is 28.6. The highest BCUT2D eigenvalue weighted by Gasteiger charge is 2.49. The van der Waals surface area contributed by atoms with E-state index in [1.54, 1.807) is 45.9 Å². The van der Waals surface area contributed by atoms with Crippen molar-refractivity contribution in [2.75, 3.05) is 6.61 Å². The summed E-state index contributed by atoms with van der Waals surface area (Å²) >= 11 is 0. The maximum Gasteiger partial charge on any atom is 0.329 e. The number of ether oxygens (including phenoxy) is 2. The van der Waals surface area contributed by atoms with Crippen LogP contribution >= 0.6 is 0 Å². The van der Waals surface area contributed by atoms with Crippen LogP contribution in [0, 0.1) is 5.92 Å². The summed E-state index contributed by atoms with van der Waals surface area (Å²) in [5.41, 5.74) is -2.72. The van der Waals surface area contributed by atoms with Crippen LogP contribution < -0.4 is 5.32 Å². The Labute approximate surface area is 216 Å². The lowest BCUT2D eigenvalue weighted by molar-refractivity contribution is -0.171. The molecule has 208 valence electrons. The third kappa shape index (κ3) is 9.20. The Hall–Kier alpha value is -2.83. The molecule has 0 aromatic rings. The van der Waals surface area contributed by atoms with Crippen molar-refractivity contribution in [1.82, 2.24) is 5.32 Å². The smallest absolute Gasteiger partial charge is 0.329 e. The van der Waals surface area contributed by atoms with Crippen LogP contribution in [0.1, 0.15) is 41.5 Å². The number of carboxylic acids is 1. The van der Waals surface area contributed by atoms with Gasteiger partial charge in [0.1, 0.15) is 29.5 Å². The number of epoxide rings is 1. The minimum atomic E-state index is -2.26. The van der Waals surface area contributed by atoms with Gasteiger partial charge in [-0.15, -0.1) is 0 Å². The van der Waals surface area contributed by atoms with E-state index in [0.717, 1.165) is 13.0 Å². The summed E-state index contributed by atoms with van der Waals surface area (Å²) in [7, 11) is 0. The molecule has 0 aromatic carbocycles. The van der Waals surface area contributed by atoms with Crippen LogP contribution in [0.3, 0.4) is 0 Å². The van der Waals surface area contributed by atoms with Crippen molar-refractivity contribution >= 4 is 17.8 Å². The summed E-state index contributed by atoms with van der Waals surface area (Å²) in [6.45, 7) is 9.55. The predicted molar refractivity (Wildman–Crippen MR) is 134 cm³/mol. The van der Waals surface area contributed by atoms with E-state index in [4.69, 9.17) is 14.6 Å². The molecule has 37 heavy (non-hydrogen) atoms. The van der Waals surface area contributed by atoms with Gasteiger partial charge in [0.05, 0.1) is 6.61 Å². The van der Waals surface area contributed by atoms with E-state index in [-0.39, 0.29) is 0 Å². The highest BCUT2D eigenvalue weighted by Crippen LogP contribution is 2.33. The van der Waals surface area contributed by atoms with E-state index in [2.05, 4.69) is 5.32 Å². The Kier molecular flexibility index (Phi) is 11.9. The van der Waals surface area contributed by atoms with Gasteiger partial charge in [0.2, 0.25) is 0 Å². The number of aliphatic hydroxyl groups is 4. The number of carbonyl (C=O) groups is 3. The zero-order valence-corrected chi connectivity index (χ0v) is 22.0. The van der Waals surface area contributed by atoms with Crippen molar-refractivity contribution in [3.63, 3.8) is 0 Å². The first-order chi connectivity index (χ1) is 17.1. The molecular formula is C26H39NO10. The summed E-state index contributed by atoms with van der Waals surface area (Å²) in [4.78, 5) is 36.2. The van der Waals surface area contributed by atoms with Crippen molar-refractivity contribution in [2.24, 2.45) is 5.92 Å². The average molecular weight is 526 g/mol. The maximum atomic E-state index is 13.0. The Morgan fingerprint density at radius 1 is 1.11 bits per heavy atom. The number of aliphatic carboxylic acids is 1. The molecule has 6 N–H and O–H groups in total. The van der Waals surface area contributed by atoms with Gasteiger partial charge in [-0.1, -0.05) is 44.2 Å². The van der Waals surface area contributed by atoms with E-state index >= 15 is 0 Å². The van der Waals surface area contributed by atoms with Crippen LogP contribution in [0.5, 0.6) is 0 Å². The molecule has 0 aliphatic carbocycles. The number of nitrogens with one attached hydrogen (secondary N) is 1. The van der Waals surface area contributed by atoms with Gasteiger partial charge in [0.15, 0.2) is 12.2 Å². The lowest BCUT2D eigenvalue weighted by Crippen LogP contribution is -2.60. The fourth-order valence-electron chi connectivity index (χ4n) is 3.26. The fraction of sp³-hybridized carbons (Fsp3) is 0.577. The second-order valence-electron chi connectivity index (χ2n) is 9.71. The molecule has 0 aromatic heterocycles. The molecule has 1 heterocycles. The fourth-order valence-corrected chi connectivity index (χ4v) is 3.26. The summed E-state index contributed by atoms with van der Waals surface area (Å²) < 4.78 is 11.0. The molecule has 1 fully saturated rings. The number of aliphatic hydroxyl groups excluding tert-OH is 3. The van der Waals surface area contributed by atoms with Gasteiger partial charge in [-0.2, -0.15) is 0 Å². The first kappa shape index (κ1) is 32.2. The molecule has 1 aliphatic rings. The van der Waals surface area contributed by atoms with Crippen LogP contribution in [0.4, 0.5) is 0 Å². The van der Waals surface area contributed by atoms with E-state index in [1.165, 1.54) is 25.2 Å². The number of carbonyl (C=O) groups excluding carboxylic acids is 2. The van der Waals surface area contributed by atoms with Crippen molar-refractivity contribution in [1.29, 1.82) is 0 Å². The first-order valence-corrected chi connectivity index (χ1v) is 11.9. The van der Waals surface area contributed by atoms with Crippen molar-refractivity contribution < 1.29 is 49.4 Å². The number of amides is 1. The third-order valence-corrected chi connectivity index (χ3v) is 6.13. The van der Waals surface area contributed by atoms with Crippen LogP contribution in [-0.4, -0.2) is 91.6 Å². The number of hydrogen-bond acceptors (Lipinski definition) is 9. The molecule has 5 unspecified atom stereocenters. The summed E-state index contributed by atoms with van der Waals surface area (Å²) in [6, 6.07) is -1.21. The van der Waals surface area contributed by atoms with Crippen LogP contribution in [0.2, 0.25) is 0 Å². The van der Waals surface area contributed by atoms with Crippen molar-refractivity contribution in [2.45, 2.75) is 83.2 Å². The molecule has 0 radical (unpaired) electrons. The molecular weight excluding hydrogens is 486 g/mol. The quantitative estimate of drug-likeness (QED) is 0.0609. The minimum Gasteiger partial charge on any atom is -0.478 e. The molecule has 1 rings (SSSR count). The van der Waals surface area contributed by atoms with E-state index in [1.807, 2.05) is 0 Å². The number of esters is 1. The van der Waals surface area contributed by atoms with Gasteiger partial charge in [0, 0.05) is 6.08 Å². The number of rotatable bonds is 14. The minimum absolute atomic E-state index is 0.322. The van der Waals surface area contributed by atoms with Gasteiger partial charge in [-0.3, -0.25) is 4.79 Å². The molecule has 11 heteroatoms. The molecule has 11 nitrogen and oxygen atoms in total. The molecule has 1 amide bonds. The summed E-state index contributed by atoms with van der Waals surface area (Å²) in [5.74, 6) is -3.52. The highest BCUT2D eigenvalue weighted by atomic mass is 16.6. The van der Waals surface area contributed by atoms with E-state index in [9.17, 15) is 34.8 Å². The predicted octanol–water partition coefficient (Wildman–Crippen LogP) is 0.381. The lowest BCUT2D eigenvalue weighted by Gasteiger charge is -2.36. The molecule has 0 spiro atoms. The third-order valence-electron chi connectivity index (χ3n) is 6.13. The monoisotopic (exact) mass is 525 g/mol. The van der Waals surface area contributed by atoms with E-state index < -0.39 is 65.4 Å². The normalized spacial score (nSPS) is 24.0. The van der Waals surface area contributed by atoms with Crippen LogP contribution in [0.25, 0.3) is 0 Å². The Bertz CT molecular complexity index is 930. The van der Waals surface area contributed by atoms with Crippen LogP contribution in [0.15, 0.2) is 48.1 Å². The van der Waals surface area contributed by atoms with Crippen molar-refractivity contribution in [3.05, 3.63) is 48.1 Å². The second-order valence-corrected chi connectivity index (χ2v) is 9.71. The Morgan fingerprint density at radius 2 is 1.68 bits per heavy atom. The largest absolute Gasteiger partial charge is 0.478 e. The van der Waals surface area contributed by atoms with Gasteiger partial charge in [-0.05, 0) is 45.3 Å².